The van der Waals surface area contributed by atoms with E-state index in [9.17, 15) is 4.79 Å². The molecule has 1 aromatic heterocycles. The minimum Gasteiger partial charge on any atom is -0.350 e. The minimum atomic E-state index is 0.0859. The highest BCUT2D eigenvalue weighted by atomic mass is 16.1. The van der Waals surface area contributed by atoms with Gasteiger partial charge in [-0.1, -0.05) is 26.8 Å². The quantitative estimate of drug-likeness (QED) is 0.766. The smallest absolute Gasteiger partial charge is 0.220 e. The Hall–Kier alpha value is -1.42. The van der Waals surface area contributed by atoms with Crippen molar-refractivity contribution < 1.29 is 4.79 Å². The molecule has 1 rings (SSSR count). The Morgan fingerprint density at radius 1 is 1.40 bits per heavy atom. The number of hydrogen-bond donors (Lipinski definition) is 2. The third-order valence-corrected chi connectivity index (χ3v) is 3.67. The highest BCUT2D eigenvalue weighted by Gasteiger charge is 2.18. The Morgan fingerprint density at radius 2 is 2.15 bits per heavy atom. The van der Waals surface area contributed by atoms with E-state index in [0.717, 1.165) is 25.0 Å². The van der Waals surface area contributed by atoms with Crippen molar-refractivity contribution in [2.45, 2.75) is 53.0 Å². The van der Waals surface area contributed by atoms with E-state index in [1.165, 1.54) is 5.56 Å². The summed E-state index contributed by atoms with van der Waals surface area (Å²) < 4.78 is 0. The second-order valence-electron chi connectivity index (χ2n) is 5.94. The predicted octanol–water partition coefficient (Wildman–Crippen LogP) is 2.42. The summed E-state index contributed by atoms with van der Waals surface area (Å²) in [6, 6.07) is 3.98. The Labute approximate surface area is 122 Å². The lowest BCUT2D eigenvalue weighted by molar-refractivity contribution is -0.121. The van der Waals surface area contributed by atoms with Crippen molar-refractivity contribution in [1.29, 1.82) is 0 Å². The van der Waals surface area contributed by atoms with Gasteiger partial charge in [-0.3, -0.25) is 9.78 Å². The summed E-state index contributed by atoms with van der Waals surface area (Å²) >= 11 is 0. The van der Waals surface area contributed by atoms with E-state index in [1.54, 1.807) is 6.20 Å². The summed E-state index contributed by atoms with van der Waals surface area (Å²) in [5, 5.41) is 2.96. The maximum absolute atomic E-state index is 11.9. The van der Waals surface area contributed by atoms with Gasteiger partial charge in [0.05, 0.1) is 12.2 Å². The predicted molar refractivity (Wildman–Crippen MR) is 82.1 cm³/mol. The highest BCUT2D eigenvalue weighted by molar-refractivity contribution is 5.75. The summed E-state index contributed by atoms with van der Waals surface area (Å²) in [5.41, 5.74) is 7.86. The Kier molecular flexibility index (Phi) is 6.65. The normalized spacial score (nSPS) is 11.4. The highest BCUT2D eigenvalue weighted by Crippen LogP contribution is 2.25. The molecule has 1 aromatic rings. The molecule has 0 saturated heterocycles. The number of nitrogens with one attached hydrogen (secondary N) is 1. The molecular weight excluding hydrogens is 250 g/mol. The molecule has 1 heterocycles. The van der Waals surface area contributed by atoms with Crippen molar-refractivity contribution >= 4 is 5.91 Å². The van der Waals surface area contributed by atoms with Gasteiger partial charge in [0.25, 0.3) is 0 Å². The van der Waals surface area contributed by atoms with Crippen LogP contribution in [0.2, 0.25) is 0 Å². The molecule has 0 fully saturated rings. The number of nitrogens with two attached hydrogens (primary N) is 1. The zero-order valence-electron chi connectivity index (χ0n) is 12.9. The number of carbonyl (C=O) groups excluding carboxylic acids is 1. The fourth-order valence-corrected chi connectivity index (χ4v) is 2.19. The molecule has 0 spiro atoms. The maximum atomic E-state index is 11.9. The molecule has 1 amide bonds. The number of aryl methyl sites for hydroxylation is 1. The summed E-state index contributed by atoms with van der Waals surface area (Å²) in [5.74, 6) is 0.0859. The summed E-state index contributed by atoms with van der Waals surface area (Å²) in [4.78, 5) is 16.2. The molecule has 0 aliphatic rings. The molecule has 112 valence electrons. The van der Waals surface area contributed by atoms with Crippen molar-refractivity contribution in [2.24, 2.45) is 11.1 Å². The van der Waals surface area contributed by atoms with E-state index >= 15 is 0 Å². The van der Waals surface area contributed by atoms with Gasteiger partial charge in [0.2, 0.25) is 5.91 Å². The zero-order valence-corrected chi connectivity index (χ0v) is 12.9. The summed E-state index contributed by atoms with van der Waals surface area (Å²) in [6.45, 7) is 7.59. The lowest BCUT2D eigenvalue weighted by Crippen LogP contribution is -2.26. The van der Waals surface area contributed by atoms with Crippen molar-refractivity contribution in [3.63, 3.8) is 0 Å². The van der Waals surface area contributed by atoms with Crippen LogP contribution in [0.3, 0.4) is 0 Å². The van der Waals surface area contributed by atoms with E-state index in [4.69, 9.17) is 5.73 Å². The third-order valence-electron chi connectivity index (χ3n) is 3.67. The van der Waals surface area contributed by atoms with Crippen LogP contribution in [0.4, 0.5) is 0 Å². The van der Waals surface area contributed by atoms with Crippen LogP contribution in [0.15, 0.2) is 18.3 Å². The third kappa shape index (κ3) is 5.70. The van der Waals surface area contributed by atoms with Crippen molar-refractivity contribution in [3.05, 3.63) is 29.6 Å². The SMILES string of the molecule is CCc1cccnc1CNC(=O)CCC(C)(C)CCN. The second kappa shape index (κ2) is 8.00. The number of amides is 1. The molecule has 4 nitrogen and oxygen atoms in total. The van der Waals surface area contributed by atoms with Crippen LogP contribution in [-0.4, -0.2) is 17.4 Å². The van der Waals surface area contributed by atoms with Gasteiger partial charge >= 0.3 is 0 Å². The number of aromatic nitrogens is 1. The average Bonchev–Trinajstić information content (AvgIpc) is 2.43. The Balaban J connectivity index is 2.40. The summed E-state index contributed by atoms with van der Waals surface area (Å²) in [7, 11) is 0. The van der Waals surface area contributed by atoms with Crippen LogP contribution in [0.25, 0.3) is 0 Å². The largest absolute Gasteiger partial charge is 0.350 e. The first kappa shape index (κ1) is 16.6. The van der Waals surface area contributed by atoms with E-state index in [1.807, 2.05) is 6.07 Å². The lowest BCUT2D eigenvalue weighted by atomic mass is 9.84. The first-order valence-electron chi connectivity index (χ1n) is 7.38. The van der Waals surface area contributed by atoms with Gasteiger partial charge in [0, 0.05) is 12.6 Å². The molecule has 0 bridgehead atoms. The van der Waals surface area contributed by atoms with Gasteiger partial charge in [-0.25, -0.2) is 0 Å². The number of hydrogen-bond acceptors (Lipinski definition) is 3. The van der Waals surface area contributed by atoms with Crippen LogP contribution in [0.5, 0.6) is 0 Å². The van der Waals surface area contributed by atoms with Gasteiger partial charge in [0.1, 0.15) is 0 Å². The van der Waals surface area contributed by atoms with Crippen LogP contribution in [0.1, 0.15) is 51.3 Å². The number of rotatable bonds is 8. The maximum Gasteiger partial charge on any atom is 0.220 e. The Bertz CT molecular complexity index is 429. The van der Waals surface area contributed by atoms with Crippen LogP contribution in [0, 0.1) is 5.41 Å². The van der Waals surface area contributed by atoms with Gasteiger partial charge in [-0.2, -0.15) is 0 Å². The molecule has 20 heavy (non-hydrogen) atoms. The van der Waals surface area contributed by atoms with Gasteiger partial charge in [0.15, 0.2) is 0 Å². The number of nitrogens with zero attached hydrogens (tertiary/aromatic N) is 1. The molecule has 0 aromatic carbocycles. The molecular formula is C16H27N3O. The van der Waals surface area contributed by atoms with Gasteiger partial charge in [-0.05, 0) is 42.9 Å². The van der Waals surface area contributed by atoms with E-state index in [2.05, 4.69) is 37.1 Å². The lowest BCUT2D eigenvalue weighted by Gasteiger charge is -2.23. The fraction of sp³-hybridized carbons (Fsp3) is 0.625. The molecule has 0 saturated carbocycles. The Morgan fingerprint density at radius 3 is 2.80 bits per heavy atom. The number of pyridine rings is 1. The molecule has 0 aliphatic carbocycles. The van der Waals surface area contributed by atoms with Gasteiger partial charge < -0.3 is 11.1 Å². The van der Waals surface area contributed by atoms with Crippen molar-refractivity contribution in [3.8, 4) is 0 Å². The minimum absolute atomic E-state index is 0.0859. The topological polar surface area (TPSA) is 68.0 Å². The molecule has 0 atom stereocenters. The molecule has 0 unspecified atom stereocenters. The standard InChI is InChI=1S/C16H27N3O/c1-4-13-6-5-11-18-14(13)12-19-15(20)7-8-16(2,3)9-10-17/h5-6,11H,4,7-10,12,17H2,1-3H3,(H,19,20). The average molecular weight is 277 g/mol. The van der Waals surface area contributed by atoms with Crippen LogP contribution >= 0.6 is 0 Å². The molecule has 4 heteroatoms. The second-order valence-corrected chi connectivity index (χ2v) is 5.94. The van der Waals surface area contributed by atoms with Crippen LogP contribution in [-0.2, 0) is 17.8 Å². The number of carbonyl (C=O) groups is 1. The molecule has 0 aliphatic heterocycles. The fourth-order valence-electron chi connectivity index (χ4n) is 2.19. The summed E-state index contributed by atoms with van der Waals surface area (Å²) in [6.07, 6.45) is 5.05. The first-order chi connectivity index (χ1) is 9.48. The molecule has 0 radical (unpaired) electrons. The van der Waals surface area contributed by atoms with Crippen LogP contribution < -0.4 is 11.1 Å². The monoisotopic (exact) mass is 277 g/mol. The first-order valence-corrected chi connectivity index (χ1v) is 7.38. The zero-order chi connectivity index (χ0) is 15.0. The van der Waals surface area contributed by atoms with Crippen molar-refractivity contribution in [2.75, 3.05) is 6.54 Å². The van der Waals surface area contributed by atoms with E-state index < -0.39 is 0 Å². The van der Waals surface area contributed by atoms with Gasteiger partial charge in [-0.15, -0.1) is 0 Å². The molecule has 3 N–H and O–H groups in total. The van der Waals surface area contributed by atoms with E-state index in [-0.39, 0.29) is 11.3 Å². The van der Waals surface area contributed by atoms with Crippen molar-refractivity contribution in [1.82, 2.24) is 10.3 Å². The van der Waals surface area contributed by atoms with E-state index in [0.29, 0.717) is 19.5 Å².